The fourth-order valence-corrected chi connectivity index (χ4v) is 1.45. The van der Waals surface area contributed by atoms with Crippen molar-refractivity contribution in [2.75, 3.05) is 5.32 Å². The Balaban J connectivity index is 3.03. The standard InChI is InChI=1S/C11H13F4N/c1-3-4-6(2)16-11-9(14)7(12)5-8(13)10(11)15/h5-6,16H,3-4H2,1-2H3. The maximum atomic E-state index is 13.2. The summed E-state index contributed by atoms with van der Waals surface area (Å²) in [7, 11) is 0. The second kappa shape index (κ2) is 5.18. The van der Waals surface area contributed by atoms with Crippen LogP contribution in [0.5, 0.6) is 0 Å². The molecule has 0 radical (unpaired) electrons. The van der Waals surface area contributed by atoms with Crippen LogP contribution >= 0.6 is 0 Å². The van der Waals surface area contributed by atoms with Crippen molar-refractivity contribution in [3.05, 3.63) is 29.3 Å². The van der Waals surface area contributed by atoms with Crippen LogP contribution in [0.2, 0.25) is 0 Å². The summed E-state index contributed by atoms with van der Waals surface area (Å²) in [5.41, 5.74) is -0.738. The fraction of sp³-hybridized carbons (Fsp3) is 0.455. The number of halogens is 4. The lowest BCUT2D eigenvalue weighted by molar-refractivity contribution is 0.456. The highest BCUT2D eigenvalue weighted by Gasteiger charge is 2.19. The van der Waals surface area contributed by atoms with Gasteiger partial charge in [-0.1, -0.05) is 13.3 Å². The smallest absolute Gasteiger partial charge is 0.185 e. The Kier molecular flexibility index (Phi) is 4.15. The van der Waals surface area contributed by atoms with Gasteiger partial charge in [0.25, 0.3) is 0 Å². The third-order valence-electron chi connectivity index (χ3n) is 2.22. The molecular weight excluding hydrogens is 222 g/mol. The van der Waals surface area contributed by atoms with Crippen LogP contribution in [0.3, 0.4) is 0 Å². The molecule has 90 valence electrons. The molecule has 0 saturated carbocycles. The number of anilines is 1. The Morgan fingerprint density at radius 1 is 1.12 bits per heavy atom. The first kappa shape index (κ1) is 12.8. The Morgan fingerprint density at radius 2 is 1.62 bits per heavy atom. The van der Waals surface area contributed by atoms with Gasteiger partial charge in [0.15, 0.2) is 23.3 Å². The minimum absolute atomic E-state index is 0.195. The van der Waals surface area contributed by atoms with Gasteiger partial charge in [0.1, 0.15) is 5.69 Å². The average molecular weight is 235 g/mol. The van der Waals surface area contributed by atoms with Crippen LogP contribution in [0.4, 0.5) is 23.2 Å². The van der Waals surface area contributed by atoms with E-state index in [0.717, 1.165) is 6.42 Å². The molecule has 16 heavy (non-hydrogen) atoms. The van der Waals surface area contributed by atoms with Crippen molar-refractivity contribution in [1.29, 1.82) is 0 Å². The Labute approximate surface area is 91.5 Å². The molecule has 0 aromatic heterocycles. The zero-order chi connectivity index (χ0) is 12.3. The third-order valence-corrected chi connectivity index (χ3v) is 2.22. The molecule has 1 aromatic rings. The zero-order valence-corrected chi connectivity index (χ0v) is 9.08. The van der Waals surface area contributed by atoms with Gasteiger partial charge in [-0.15, -0.1) is 0 Å². The molecule has 0 aliphatic carbocycles. The van der Waals surface area contributed by atoms with Crippen molar-refractivity contribution < 1.29 is 17.6 Å². The minimum atomic E-state index is -1.40. The number of hydrogen-bond donors (Lipinski definition) is 1. The van der Waals surface area contributed by atoms with E-state index in [1.54, 1.807) is 6.92 Å². The lowest BCUT2D eigenvalue weighted by Crippen LogP contribution is -2.17. The summed E-state index contributed by atoms with van der Waals surface area (Å²) < 4.78 is 52.1. The van der Waals surface area contributed by atoms with Crippen LogP contribution in [-0.4, -0.2) is 6.04 Å². The van der Waals surface area contributed by atoms with Gasteiger partial charge in [-0.25, -0.2) is 17.6 Å². The highest BCUT2D eigenvalue weighted by Crippen LogP contribution is 2.25. The molecule has 1 atom stereocenters. The van der Waals surface area contributed by atoms with Gasteiger partial charge in [-0.05, 0) is 13.3 Å². The molecule has 0 fully saturated rings. The van der Waals surface area contributed by atoms with Gasteiger partial charge in [0, 0.05) is 12.1 Å². The quantitative estimate of drug-likeness (QED) is 0.617. The maximum Gasteiger partial charge on any atom is 0.185 e. The summed E-state index contributed by atoms with van der Waals surface area (Å²) in [5.74, 6) is -5.57. The predicted molar refractivity (Wildman–Crippen MR) is 54.3 cm³/mol. The largest absolute Gasteiger partial charge is 0.378 e. The van der Waals surface area contributed by atoms with E-state index in [1.165, 1.54) is 0 Å². The van der Waals surface area contributed by atoms with Crippen molar-refractivity contribution in [1.82, 2.24) is 0 Å². The van der Waals surface area contributed by atoms with E-state index in [2.05, 4.69) is 5.32 Å². The van der Waals surface area contributed by atoms with Crippen LogP contribution < -0.4 is 5.32 Å². The summed E-state index contributed by atoms with van der Waals surface area (Å²) in [6.07, 6.45) is 1.45. The average Bonchev–Trinajstić information content (AvgIpc) is 2.22. The molecule has 0 amide bonds. The maximum absolute atomic E-state index is 13.2. The first-order valence-electron chi connectivity index (χ1n) is 5.06. The molecule has 0 bridgehead atoms. The van der Waals surface area contributed by atoms with Crippen molar-refractivity contribution in [2.24, 2.45) is 0 Å². The van der Waals surface area contributed by atoms with Gasteiger partial charge in [-0.2, -0.15) is 0 Å². The van der Waals surface area contributed by atoms with E-state index in [4.69, 9.17) is 0 Å². The van der Waals surface area contributed by atoms with E-state index in [-0.39, 0.29) is 12.1 Å². The highest BCUT2D eigenvalue weighted by molar-refractivity contribution is 5.47. The van der Waals surface area contributed by atoms with Gasteiger partial charge >= 0.3 is 0 Å². The second-order valence-corrected chi connectivity index (χ2v) is 3.68. The highest BCUT2D eigenvalue weighted by atomic mass is 19.2. The third kappa shape index (κ3) is 2.65. The minimum Gasteiger partial charge on any atom is -0.378 e. The molecule has 0 spiro atoms. The van der Waals surface area contributed by atoms with Crippen molar-refractivity contribution in [2.45, 2.75) is 32.7 Å². The molecule has 1 N–H and O–H groups in total. The summed E-state index contributed by atoms with van der Waals surface area (Å²) in [5, 5.41) is 2.43. The van der Waals surface area contributed by atoms with Gasteiger partial charge in [0.05, 0.1) is 0 Å². The first-order valence-corrected chi connectivity index (χ1v) is 5.06. The van der Waals surface area contributed by atoms with Crippen molar-refractivity contribution in [3.63, 3.8) is 0 Å². The fourth-order valence-electron chi connectivity index (χ4n) is 1.45. The SMILES string of the molecule is CCCC(C)Nc1c(F)c(F)cc(F)c1F. The van der Waals surface area contributed by atoms with Crippen LogP contribution in [0.25, 0.3) is 0 Å². The number of nitrogens with one attached hydrogen (secondary N) is 1. The van der Waals surface area contributed by atoms with Crippen LogP contribution in [0.1, 0.15) is 26.7 Å². The van der Waals surface area contributed by atoms with Crippen molar-refractivity contribution in [3.8, 4) is 0 Å². The van der Waals surface area contributed by atoms with Gasteiger partial charge in [-0.3, -0.25) is 0 Å². The second-order valence-electron chi connectivity index (χ2n) is 3.68. The molecule has 1 rings (SSSR count). The molecule has 0 saturated heterocycles. The number of benzene rings is 1. The monoisotopic (exact) mass is 235 g/mol. The van der Waals surface area contributed by atoms with Gasteiger partial charge in [0.2, 0.25) is 0 Å². The molecule has 0 heterocycles. The van der Waals surface area contributed by atoms with Crippen molar-refractivity contribution >= 4 is 5.69 Å². The predicted octanol–water partition coefficient (Wildman–Crippen LogP) is 3.84. The van der Waals surface area contributed by atoms with E-state index in [9.17, 15) is 17.6 Å². The molecule has 0 aliphatic heterocycles. The summed E-state index contributed by atoms with van der Waals surface area (Å²) >= 11 is 0. The lowest BCUT2D eigenvalue weighted by Gasteiger charge is -2.16. The van der Waals surface area contributed by atoms with E-state index in [1.807, 2.05) is 6.92 Å². The van der Waals surface area contributed by atoms with Crippen LogP contribution in [0, 0.1) is 23.3 Å². The van der Waals surface area contributed by atoms with Gasteiger partial charge < -0.3 is 5.32 Å². The Morgan fingerprint density at radius 3 is 2.06 bits per heavy atom. The Hall–Kier alpha value is -1.26. The topological polar surface area (TPSA) is 12.0 Å². The molecule has 1 nitrogen and oxygen atoms in total. The molecular formula is C11H13F4N. The van der Waals surface area contributed by atoms with Crippen LogP contribution in [0.15, 0.2) is 6.07 Å². The summed E-state index contributed by atoms with van der Waals surface area (Å²) in [4.78, 5) is 0. The lowest BCUT2D eigenvalue weighted by atomic mass is 10.1. The molecule has 1 unspecified atom stereocenters. The number of rotatable bonds is 4. The zero-order valence-electron chi connectivity index (χ0n) is 9.08. The normalized spacial score (nSPS) is 12.6. The summed E-state index contributed by atoms with van der Waals surface area (Å²) in [6, 6.07) is -0.0597. The van der Waals surface area contributed by atoms with E-state index >= 15 is 0 Å². The van der Waals surface area contributed by atoms with E-state index in [0.29, 0.717) is 6.42 Å². The Bertz CT molecular complexity index is 352. The molecule has 5 heteroatoms. The first-order chi connectivity index (χ1) is 7.47. The molecule has 1 aromatic carbocycles. The summed E-state index contributed by atoms with van der Waals surface area (Å²) in [6.45, 7) is 3.59. The number of hydrogen-bond acceptors (Lipinski definition) is 1. The molecule has 0 aliphatic rings. The van der Waals surface area contributed by atoms with Crippen LogP contribution in [-0.2, 0) is 0 Å². The van der Waals surface area contributed by atoms with E-state index < -0.39 is 29.0 Å².